The van der Waals surface area contributed by atoms with Crippen LogP contribution in [0.25, 0.3) is 0 Å². The van der Waals surface area contributed by atoms with E-state index in [0.29, 0.717) is 0 Å². The lowest BCUT2D eigenvalue weighted by Gasteiger charge is -2.09. The van der Waals surface area contributed by atoms with Gasteiger partial charge in [0.2, 0.25) is 9.84 Å². The number of carboxylic acid groups (broad SMARTS) is 3. The number of rotatable bonds is 5. The highest BCUT2D eigenvalue weighted by Crippen LogP contribution is 2.26. The molecule has 0 saturated carbocycles. The topological polar surface area (TPSA) is 146 Å². The second-order valence-corrected chi connectivity index (χ2v) is 6.57. The standard InChI is InChI=1S/C15H10O8S/c16-13(17)8-1-4-10(5-2-8)24(22,23)12-7-9(14(18)19)3-6-11(12)15(20)21/h1-7H,(H,16,17)(H,18,19)(H,20,21). The lowest BCUT2D eigenvalue weighted by Crippen LogP contribution is -2.12. The van der Waals surface area contributed by atoms with E-state index in [1.54, 1.807) is 0 Å². The molecule has 2 rings (SSSR count). The number of carboxylic acids is 3. The van der Waals surface area contributed by atoms with Gasteiger partial charge in [0.1, 0.15) is 0 Å². The van der Waals surface area contributed by atoms with Crippen LogP contribution in [0.2, 0.25) is 0 Å². The fraction of sp³-hybridized carbons (Fsp3) is 0. The monoisotopic (exact) mass is 350 g/mol. The molecule has 0 atom stereocenters. The van der Waals surface area contributed by atoms with Crippen molar-refractivity contribution in [3.8, 4) is 0 Å². The van der Waals surface area contributed by atoms with Crippen molar-refractivity contribution < 1.29 is 38.1 Å². The van der Waals surface area contributed by atoms with E-state index < -0.39 is 38.2 Å². The minimum Gasteiger partial charge on any atom is -0.478 e. The molecule has 8 nitrogen and oxygen atoms in total. The van der Waals surface area contributed by atoms with Gasteiger partial charge in [-0.3, -0.25) is 0 Å². The Bertz CT molecular complexity index is 942. The van der Waals surface area contributed by atoms with E-state index >= 15 is 0 Å². The normalized spacial score (nSPS) is 11.0. The molecule has 0 saturated heterocycles. The summed E-state index contributed by atoms with van der Waals surface area (Å²) in [5.74, 6) is -4.20. The summed E-state index contributed by atoms with van der Waals surface area (Å²) in [6, 6.07) is 6.76. The van der Waals surface area contributed by atoms with Gasteiger partial charge in [0.25, 0.3) is 0 Å². The van der Waals surface area contributed by atoms with Crippen LogP contribution in [0.3, 0.4) is 0 Å². The molecular weight excluding hydrogens is 340 g/mol. The number of hydrogen-bond acceptors (Lipinski definition) is 5. The molecule has 0 bridgehead atoms. The van der Waals surface area contributed by atoms with E-state index in [1.165, 1.54) is 0 Å². The van der Waals surface area contributed by atoms with Crippen LogP contribution in [-0.2, 0) is 9.84 Å². The summed E-state index contributed by atoms with van der Waals surface area (Å²) >= 11 is 0. The lowest BCUT2D eigenvalue weighted by molar-refractivity contribution is 0.0678. The van der Waals surface area contributed by atoms with Gasteiger partial charge >= 0.3 is 17.9 Å². The molecule has 0 aliphatic rings. The molecule has 0 radical (unpaired) electrons. The van der Waals surface area contributed by atoms with E-state index in [1.807, 2.05) is 0 Å². The molecule has 24 heavy (non-hydrogen) atoms. The SMILES string of the molecule is O=C(O)c1ccc(S(=O)(=O)c2cc(C(=O)O)ccc2C(=O)O)cc1. The Labute approximate surface area is 135 Å². The van der Waals surface area contributed by atoms with Crippen molar-refractivity contribution in [2.24, 2.45) is 0 Å². The Morgan fingerprint density at radius 1 is 0.708 bits per heavy atom. The van der Waals surface area contributed by atoms with Crippen molar-refractivity contribution in [3.63, 3.8) is 0 Å². The van der Waals surface area contributed by atoms with E-state index in [-0.39, 0.29) is 16.0 Å². The average Bonchev–Trinajstić information content (AvgIpc) is 2.54. The highest BCUT2D eigenvalue weighted by atomic mass is 32.2. The summed E-state index contributed by atoms with van der Waals surface area (Å²) in [7, 11) is -4.35. The third-order valence-electron chi connectivity index (χ3n) is 3.16. The highest BCUT2D eigenvalue weighted by molar-refractivity contribution is 7.91. The molecule has 124 valence electrons. The Balaban J connectivity index is 2.67. The van der Waals surface area contributed by atoms with E-state index in [4.69, 9.17) is 15.3 Å². The van der Waals surface area contributed by atoms with Crippen LogP contribution >= 0.6 is 0 Å². The number of carbonyl (C=O) groups is 3. The fourth-order valence-electron chi connectivity index (χ4n) is 1.96. The fourth-order valence-corrected chi connectivity index (χ4v) is 3.43. The van der Waals surface area contributed by atoms with Gasteiger partial charge in [-0.25, -0.2) is 22.8 Å². The van der Waals surface area contributed by atoms with E-state index in [9.17, 15) is 22.8 Å². The minimum absolute atomic E-state index is 0.147. The predicted octanol–water partition coefficient (Wildman–Crippen LogP) is 1.61. The van der Waals surface area contributed by atoms with Crippen LogP contribution in [0.4, 0.5) is 0 Å². The second kappa shape index (κ2) is 6.13. The maximum atomic E-state index is 12.6. The maximum absolute atomic E-state index is 12.6. The van der Waals surface area contributed by atoms with Crippen molar-refractivity contribution in [1.29, 1.82) is 0 Å². The van der Waals surface area contributed by atoms with Gasteiger partial charge in [0.15, 0.2) is 0 Å². The number of sulfone groups is 1. The number of aromatic carboxylic acids is 3. The molecule has 0 heterocycles. The van der Waals surface area contributed by atoms with Gasteiger partial charge in [-0.15, -0.1) is 0 Å². The largest absolute Gasteiger partial charge is 0.478 e. The molecule has 9 heteroatoms. The van der Waals surface area contributed by atoms with Crippen molar-refractivity contribution in [2.75, 3.05) is 0 Å². The smallest absolute Gasteiger partial charge is 0.337 e. The highest BCUT2D eigenvalue weighted by Gasteiger charge is 2.26. The molecule has 0 aliphatic heterocycles. The van der Waals surface area contributed by atoms with Crippen molar-refractivity contribution >= 4 is 27.7 Å². The Morgan fingerprint density at radius 3 is 1.67 bits per heavy atom. The van der Waals surface area contributed by atoms with Crippen LogP contribution in [0.15, 0.2) is 52.3 Å². The first-order valence-electron chi connectivity index (χ1n) is 6.33. The van der Waals surface area contributed by atoms with E-state index in [0.717, 1.165) is 42.5 Å². The number of hydrogen-bond donors (Lipinski definition) is 3. The van der Waals surface area contributed by atoms with Crippen LogP contribution in [-0.4, -0.2) is 41.6 Å². The van der Waals surface area contributed by atoms with Crippen LogP contribution in [0, 0.1) is 0 Å². The van der Waals surface area contributed by atoms with Gasteiger partial charge in [-0.05, 0) is 42.5 Å². The molecule has 0 unspecified atom stereocenters. The summed E-state index contributed by atoms with van der Waals surface area (Å²) in [6.07, 6.45) is 0. The van der Waals surface area contributed by atoms with Gasteiger partial charge in [0.05, 0.1) is 26.5 Å². The summed E-state index contributed by atoms with van der Waals surface area (Å²) in [6.45, 7) is 0. The summed E-state index contributed by atoms with van der Waals surface area (Å²) < 4.78 is 25.2. The molecule has 0 aromatic heterocycles. The zero-order valence-corrected chi connectivity index (χ0v) is 12.6. The Hall–Kier alpha value is -3.20. The third-order valence-corrected chi connectivity index (χ3v) is 4.97. The quantitative estimate of drug-likeness (QED) is 0.737. The molecule has 0 amide bonds. The van der Waals surface area contributed by atoms with Crippen LogP contribution in [0.5, 0.6) is 0 Å². The molecule has 0 fully saturated rings. The molecule has 0 spiro atoms. The first-order valence-corrected chi connectivity index (χ1v) is 7.82. The zero-order chi connectivity index (χ0) is 18.1. The summed E-state index contributed by atoms with van der Waals surface area (Å²) in [4.78, 5) is 32.0. The van der Waals surface area contributed by atoms with Gasteiger partial charge in [-0.1, -0.05) is 0 Å². The maximum Gasteiger partial charge on any atom is 0.337 e. The lowest BCUT2D eigenvalue weighted by atomic mass is 10.1. The first kappa shape index (κ1) is 17.2. The Morgan fingerprint density at radius 2 is 1.21 bits per heavy atom. The van der Waals surface area contributed by atoms with Gasteiger partial charge in [0, 0.05) is 0 Å². The van der Waals surface area contributed by atoms with Gasteiger partial charge < -0.3 is 15.3 Å². The minimum atomic E-state index is -4.35. The van der Waals surface area contributed by atoms with Crippen LogP contribution in [0.1, 0.15) is 31.1 Å². The molecule has 0 aliphatic carbocycles. The average molecular weight is 350 g/mol. The summed E-state index contributed by atoms with van der Waals surface area (Å²) in [5.41, 5.74) is -1.12. The molecule has 2 aromatic rings. The predicted molar refractivity (Wildman–Crippen MR) is 79.2 cm³/mol. The first-order chi connectivity index (χ1) is 11.1. The Kier molecular flexibility index (Phi) is 4.38. The summed E-state index contributed by atoms with van der Waals surface area (Å²) in [5, 5.41) is 26.9. The second-order valence-electron chi connectivity index (χ2n) is 4.65. The molecule has 2 aromatic carbocycles. The zero-order valence-electron chi connectivity index (χ0n) is 11.8. The van der Waals surface area contributed by atoms with Crippen molar-refractivity contribution in [3.05, 3.63) is 59.2 Å². The third kappa shape index (κ3) is 3.10. The number of benzene rings is 2. The van der Waals surface area contributed by atoms with Gasteiger partial charge in [-0.2, -0.15) is 0 Å². The van der Waals surface area contributed by atoms with E-state index in [2.05, 4.69) is 0 Å². The molecular formula is C15H10O8S. The van der Waals surface area contributed by atoms with Crippen molar-refractivity contribution in [2.45, 2.75) is 9.79 Å². The van der Waals surface area contributed by atoms with Crippen LogP contribution < -0.4 is 0 Å². The molecule has 3 N–H and O–H groups in total. The van der Waals surface area contributed by atoms with Crippen molar-refractivity contribution in [1.82, 2.24) is 0 Å².